The normalized spacial score (nSPS) is 11.5. The van der Waals surface area contributed by atoms with Crippen LogP contribution in [0.4, 0.5) is 5.69 Å². The quantitative estimate of drug-likeness (QED) is 0.739. The number of nitriles is 1. The molecule has 0 aromatic heterocycles. The van der Waals surface area contributed by atoms with Gasteiger partial charge in [-0.15, -0.1) is 0 Å². The zero-order valence-electron chi connectivity index (χ0n) is 8.24. The van der Waals surface area contributed by atoms with Crippen LogP contribution < -0.4 is 5.32 Å². The maximum atomic E-state index is 10.7. The largest absolute Gasteiger partial charge is 0.387 e. The summed E-state index contributed by atoms with van der Waals surface area (Å²) in [5.74, 6) is -0.211. The molecule has 0 saturated carbocycles. The van der Waals surface area contributed by atoms with Crippen molar-refractivity contribution in [1.29, 1.82) is 5.26 Å². The molecule has 0 aliphatic heterocycles. The van der Waals surface area contributed by atoms with E-state index in [4.69, 9.17) is 5.26 Å². The molecule has 1 N–H and O–H groups in total. The number of hydrogen-bond donors (Lipinski definition) is 1. The summed E-state index contributed by atoms with van der Waals surface area (Å²) in [5.41, 5.74) is 2.20. The molecule has 0 heterocycles. The van der Waals surface area contributed by atoms with Gasteiger partial charge in [0.25, 0.3) is 0 Å². The Labute approximate surface area is 83.4 Å². The summed E-state index contributed by atoms with van der Waals surface area (Å²) in [5, 5.41) is 11.8. The highest BCUT2D eigenvalue weighted by Crippen LogP contribution is 2.26. The lowest BCUT2D eigenvalue weighted by Crippen LogP contribution is -2.01. The first-order chi connectivity index (χ1) is 6.74. The number of anilines is 1. The average Bonchev–Trinajstić information content (AvgIpc) is 2.26. The third-order valence-corrected chi connectivity index (χ3v) is 2.17. The van der Waals surface area contributed by atoms with Gasteiger partial charge >= 0.3 is 0 Å². The van der Waals surface area contributed by atoms with Gasteiger partial charge in [-0.05, 0) is 18.6 Å². The maximum absolute atomic E-state index is 10.7. The number of para-hydroxylation sites is 1. The first-order valence-corrected chi connectivity index (χ1v) is 4.40. The summed E-state index contributed by atoms with van der Waals surface area (Å²) in [7, 11) is 1.75. The van der Waals surface area contributed by atoms with Crippen molar-refractivity contribution in [2.45, 2.75) is 12.8 Å². The summed E-state index contributed by atoms with van der Waals surface area (Å²) in [6.07, 6.45) is 0.791. The van der Waals surface area contributed by atoms with Crippen LogP contribution in [0.15, 0.2) is 18.2 Å². The number of carbonyl (C=O) groups excluding carboxylic acids is 1. The van der Waals surface area contributed by atoms with E-state index in [2.05, 4.69) is 11.4 Å². The molecule has 0 spiro atoms. The topological polar surface area (TPSA) is 52.9 Å². The summed E-state index contributed by atoms with van der Waals surface area (Å²) in [6, 6.07) is 7.52. The van der Waals surface area contributed by atoms with E-state index in [-0.39, 0.29) is 5.92 Å². The van der Waals surface area contributed by atoms with Crippen molar-refractivity contribution in [2.24, 2.45) is 0 Å². The van der Waals surface area contributed by atoms with Crippen molar-refractivity contribution >= 4 is 12.0 Å². The third kappa shape index (κ3) is 1.74. The van der Waals surface area contributed by atoms with E-state index in [1.807, 2.05) is 13.0 Å². The molecule has 0 radical (unpaired) electrons. The van der Waals surface area contributed by atoms with Gasteiger partial charge in [-0.1, -0.05) is 12.1 Å². The number of aldehydes is 1. The summed E-state index contributed by atoms with van der Waals surface area (Å²) < 4.78 is 0. The lowest BCUT2D eigenvalue weighted by atomic mass is 9.98. The molecule has 1 atom stereocenters. The van der Waals surface area contributed by atoms with Gasteiger partial charge in [0.05, 0.1) is 12.0 Å². The minimum absolute atomic E-state index is 0.211. The summed E-state index contributed by atoms with van der Waals surface area (Å²) >= 11 is 0. The molecule has 3 nitrogen and oxygen atoms in total. The molecule has 1 rings (SSSR count). The van der Waals surface area contributed by atoms with Gasteiger partial charge in [-0.25, -0.2) is 0 Å². The van der Waals surface area contributed by atoms with Gasteiger partial charge in [0.1, 0.15) is 0 Å². The van der Waals surface area contributed by atoms with Crippen molar-refractivity contribution in [3.05, 3.63) is 29.3 Å². The van der Waals surface area contributed by atoms with Crippen molar-refractivity contribution < 1.29 is 4.79 Å². The van der Waals surface area contributed by atoms with Crippen LogP contribution >= 0.6 is 0 Å². The second-order valence-electron chi connectivity index (χ2n) is 3.03. The lowest BCUT2D eigenvalue weighted by Gasteiger charge is -2.12. The average molecular weight is 188 g/mol. The van der Waals surface area contributed by atoms with E-state index in [1.165, 1.54) is 0 Å². The molecule has 1 aromatic rings. The van der Waals surface area contributed by atoms with Crippen molar-refractivity contribution in [3.8, 4) is 6.07 Å². The Morgan fingerprint density at radius 1 is 1.57 bits per heavy atom. The molecule has 1 unspecified atom stereocenters. The third-order valence-electron chi connectivity index (χ3n) is 2.17. The van der Waals surface area contributed by atoms with E-state index in [9.17, 15) is 4.79 Å². The predicted molar refractivity (Wildman–Crippen MR) is 55.4 cm³/mol. The number of nitrogens with one attached hydrogen (secondary N) is 1. The van der Waals surface area contributed by atoms with Crippen LogP contribution in [0.25, 0.3) is 0 Å². The van der Waals surface area contributed by atoms with E-state index in [0.29, 0.717) is 5.56 Å². The van der Waals surface area contributed by atoms with Crippen LogP contribution in [0.2, 0.25) is 0 Å². The standard InChI is InChI=1S/C11H12N2O/c1-8(6-12)10-5-3-4-9(7-14)11(10)13-2/h3-5,7-8,13H,1-2H3. The maximum Gasteiger partial charge on any atom is 0.152 e. The molecule has 14 heavy (non-hydrogen) atoms. The molecule has 0 saturated heterocycles. The molecule has 1 aromatic carbocycles. The Morgan fingerprint density at radius 2 is 2.29 bits per heavy atom. The van der Waals surface area contributed by atoms with Gasteiger partial charge in [-0.2, -0.15) is 5.26 Å². The molecule has 0 fully saturated rings. The molecule has 0 bridgehead atoms. The Morgan fingerprint density at radius 3 is 2.79 bits per heavy atom. The monoisotopic (exact) mass is 188 g/mol. The second kappa shape index (κ2) is 4.43. The minimum Gasteiger partial charge on any atom is -0.387 e. The number of rotatable bonds is 3. The van der Waals surface area contributed by atoms with Gasteiger partial charge in [0.15, 0.2) is 6.29 Å². The predicted octanol–water partition coefficient (Wildman–Crippen LogP) is 2.17. The van der Waals surface area contributed by atoms with Gasteiger partial charge in [0.2, 0.25) is 0 Å². The van der Waals surface area contributed by atoms with Crippen LogP contribution in [0.5, 0.6) is 0 Å². The van der Waals surface area contributed by atoms with Crippen molar-refractivity contribution in [1.82, 2.24) is 0 Å². The molecular formula is C11H12N2O. The minimum atomic E-state index is -0.211. The summed E-state index contributed by atoms with van der Waals surface area (Å²) in [6.45, 7) is 1.81. The highest BCUT2D eigenvalue weighted by atomic mass is 16.1. The van der Waals surface area contributed by atoms with Crippen molar-refractivity contribution in [3.63, 3.8) is 0 Å². The van der Waals surface area contributed by atoms with Crippen LogP contribution in [0, 0.1) is 11.3 Å². The zero-order valence-corrected chi connectivity index (χ0v) is 8.24. The highest BCUT2D eigenvalue weighted by molar-refractivity contribution is 5.85. The highest BCUT2D eigenvalue weighted by Gasteiger charge is 2.11. The molecule has 3 heteroatoms. The fourth-order valence-corrected chi connectivity index (χ4v) is 1.41. The number of hydrogen-bond acceptors (Lipinski definition) is 3. The van der Waals surface area contributed by atoms with Gasteiger partial charge in [-0.3, -0.25) is 4.79 Å². The zero-order chi connectivity index (χ0) is 10.6. The number of nitrogens with zero attached hydrogens (tertiary/aromatic N) is 1. The SMILES string of the molecule is CNc1c(C=O)cccc1C(C)C#N. The van der Waals surface area contributed by atoms with Crippen molar-refractivity contribution in [2.75, 3.05) is 12.4 Å². The number of carbonyl (C=O) groups is 1. The molecule has 72 valence electrons. The van der Waals surface area contributed by atoms with Gasteiger partial charge < -0.3 is 5.32 Å². The van der Waals surface area contributed by atoms with Crippen LogP contribution in [0.1, 0.15) is 28.8 Å². The van der Waals surface area contributed by atoms with Crippen LogP contribution in [-0.4, -0.2) is 13.3 Å². The lowest BCUT2D eigenvalue weighted by molar-refractivity contribution is 0.112. The van der Waals surface area contributed by atoms with E-state index >= 15 is 0 Å². The van der Waals surface area contributed by atoms with E-state index < -0.39 is 0 Å². The fraction of sp³-hybridized carbons (Fsp3) is 0.273. The molecule has 0 aliphatic carbocycles. The first-order valence-electron chi connectivity index (χ1n) is 4.40. The van der Waals surface area contributed by atoms with Gasteiger partial charge in [0, 0.05) is 18.3 Å². The smallest absolute Gasteiger partial charge is 0.152 e. The first kappa shape index (κ1) is 10.3. The Kier molecular flexibility index (Phi) is 3.24. The Hall–Kier alpha value is -1.82. The van der Waals surface area contributed by atoms with Crippen LogP contribution in [-0.2, 0) is 0 Å². The van der Waals surface area contributed by atoms with E-state index in [1.54, 1.807) is 19.2 Å². The Bertz CT molecular complexity index is 379. The van der Waals surface area contributed by atoms with E-state index in [0.717, 1.165) is 17.5 Å². The molecular weight excluding hydrogens is 176 g/mol. The summed E-state index contributed by atoms with van der Waals surface area (Å²) in [4.78, 5) is 10.7. The molecule has 0 aliphatic rings. The fourth-order valence-electron chi connectivity index (χ4n) is 1.41. The van der Waals surface area contributed by atoms with Crippen LogP contribution in [0.3, 0.4) is 0 Å². The Balaban J connectivity index is 3.30. The molecule has 0 amide bonds. The number of benzene rings is 1. The second-order valence-corrected chi connectivity index (χ2v) is 3.03.